The molecule has 5 nitrogen and oxygen atoms in total. The highest BCUT2D eigenvalue weighted by atomic mass is 35.5. The smallest absolute Gasteiger partial charge is 0.261 e. The third-order valence-electron chi connectivity index (χ3n) is 2.51. The van der Waals surface area contributed by atoms with Crippen LogP contribution in [0.2, 0.25) is 5.02 Å². The van der Waals surface area contributed by atoms with Crippen LogP contribution in [0.5, 0.6) is 0 Å². The Morgan fingerprint density at radius 1 is 1.10 bits per heavy atom. The molecule has 106 valence electrons. The second-order valence-electron chi connectivity index (χ2n) is 3.90. The first-order chi connectivity index (χ1) is 9.42. The average Bonchev–Trinajstić information content (AvgIpc) is 2.42. The van der Waals surface area contributed by atoms with Gasteiger partial charge in [0, 0.05) is 10.7 Å². The molecule has 8 heteroatoms. The average molecular weight is 316 g/mol. The van der Waals surface area contributed by atoms with Crippen LogP contribution in [0.3, 0.4) is 0 Å². The molecule has 4 N–H and O–H groups in total. The van der Waals surface area contributed by atoms with Gasteiger partial charge in [-0.2, -0.15) is 0 Å². The van der Waals surface area contributed by atoms with Crippen LogP contribution in [-0.4, -0.2) is 8.42 Å². The van der Waals surface area contributed by atoms with E-state index in [9.17, 15) is 12.8 Å². The molecule has 0 amide bonds. The fourth-order valence-electron chi connectivity index (χ4n) is 1.51. The van der Waals surface area contributed by atoms with E-state index in [1.54, 1.807) is 0 Å². The maximum atomic E-state index is 13.6. The van der Waals surface area contributed by atoms with Crippen molar-refractivity contribution in [3.8, 4) is 0 Å². The molecular formula is C12H11ClFN3O2S. The Kier molecular flexibility index (Phi) is 4.12. The number of halogens is 2. The topological polar surface area (TPSA) is 84.2 Å². The molecule has 0 aliphatic heterocycles. The van der Waals surface area contributed by atoms with E-state index in [4.69, 9.17) is 17.4 Å². The Morgan fingerprint density at radius 3 is 2.30 bits per heavy atom. The second-order valence-corrected chi connectivity index (χ2v) is 6.02. The lowest BCUT2D eigenvalue weighted by molar-refractivity contribution is 0.598. The highest BCUT2D eigenvalue weighted by Crippen LogP contribution is 2.22. The Morgan fingerprint density at radius 2 is 1.75 bits per heavy atom. The number of hydrazine groups is 1. The van der Waals surface area contributed by atoms with Crippen LogP contribution in [-0.2, 0) is 10.0 Å². The Labute approximate surface area is 120 Å². The second kappa shape index (κ2) is 5.66. The summed E-state index contributed by atoms with van der Waals surface area (Å²) in [5.41, 5.74) is 2.77. The normalized spacial score (nSPS) is 11.2. The summed E-state index contributed by atoms with van der Waals surface area (Å²) in [7, 11) is -3.88. The van der Waals surface area contributed by atoms with Gasteiger partial charge in [0.1, 0.15) is 5.82 Å². The third kappa shape index (κ3) is 3.19. The summed E-state index contributed by atoms with van der Waals surface area (Å²) in [6.45, 7) is 0. The van der Waals surface area contributed by atoms with Gasteiger partial charge in [-0.15, -0.1) is 0 Å². The van der Waals surface area contributed by atoms with Crippen molar-refractivity contribution < 1.29 is 12.8 Å². The molecule has 0 aromatic heterocycles. The Balaban J connectivity index is 2.30. The summed E-state index contributed by atoms with van der Waals surface area (Å²) in [5, 5.41) is 0.184. The summed E-state index contributed by atoms with van der Waals surface area (Å²) in [6.07, 6.45) is 0. The molecule has 2 aromatic rings. The van der Waals surface area contributed by atoms with E-state index >= 15 is 0 Å². The number of anilines is 2. The first-order valence-electron chi connectivity index (χ1n) is 5.47. The van der Waals surface area contributed by atoms with E-state index in [-0.39, 0.29) is 15.6 Å². The highest BCUT2D eigenvalue weighted by molar-refractivity contribution is 7.92. The Bertz CT molecular complexity index is 720. The molecule has 0 fully saturated rings. The number of benzene rings is 2. The molecule has 0 bridgehead atoms. The molecule has 0 spiro atoms. The van der Waals surface area contributed by atoms with Gasteiger partial charge < -0.3 is 5.43 Å². The zero-order chi connectivity index (χ0) is 14.8. The molecule has 2 rings (SSSR count). The van der Waals surface area contributed by atoms with E-state index < -0.39 is 15.8 Å². The summed E-state index contributed by atoms with van der Waals surface area (Å²) < 4.78 is 39.9. The lowest BCUT2D eigenvalue weighted by Crippen LogP contribution is -2.14. The molecule has 0 aliphatic carbocycles. The lowest BCUT2D eigenvalue weighted by atomic mass is 10.3. The molecular weight excluding hydrogens is 305 g/mol. The van der Waals surface area contributed by atoms with Gasteiger partial charge in [0.2, 0.25) is 0 Å². The molecule has 0 unspecified atom stereocenters. The standard InChI is InChI=1S/C12H11ClFN3O2S/c13-8-1-6-12(11(14)7-8)17-20(18,19)10-4-2-9(16-15)3-5-10/h1-7,16-17H,15H2. The van der Waals surface area contributed by atoms with E-state index in [0.717, 1.165) is 6.07 Å². The van der Waals surface area contributed by atoms with E-state index in [0.29, 0.717) is 5.69 Å². The van der Waals surface area contributed by atoms with Gasteiger partial charge in [-0.05, 0) is 42.5 Å². The monoisotopic (exact) mass is 315 g/mol. The largest absolute Gasteiger partial charge is 0.324 e. The number of hydrogen-bond donors (Lipinski definition) is 3. The highest BCUT2D eigenvalue weighted by Gasteiger charge is 2.16. The number of nitrogens with one attached hydrogen (secondary N) is 2. The van der Waals surface area contributed by atoms with E-state index in [1.807, 2.05) is 0 Å². The lowest BCUT2D eigenvalue weighted by Gasteiger charge is -2.09. The van der Waals surface area contributed by atoms with Crippen LogP contribution in [0, 0.1) is 5.82 Å². The maximum Gasteiger partial charge on any atom is 0.261 e. The molecule has 20 heavy (non-hydrogen) atoms. The van der Waals surface area contributed by atoms with Gasteiger partial charge in [0.05, 0.1) is 10.6 Å². The molecule has 0 atom stereocenters. The number of sulfonamides is 1. The van der Waals surface area contributed by atoms with Crippen molar-refractivity contribution >= 4 is 33.0 Å². The fraction of sp³-hybridized carbons (Fsp3) is 0. The van der Waals surface area contributed by atoms with Gasteiger partial charge in [0.15, 0.2) is 0 Å². The van der Waals surface area contributed by atoms with Crippen molar-refractivity contribution in [1.29, 1.82) is 0 Å². The number of hydrogen-bond acceptors (Lipinski definition) is 4. The molecule has 0 heterocycles. The van der Waals surface area contributed by atoms with Crippen LogP contribution in [0.4, 0.5) is 15.8 Å². The molecule has 0 saturated carbocycles. The van der Waals surface area contributed by atoms with E-state index in [2.05, 4.69) is 10.1 Å². The molecule has 2 aromatic carbocycles. The van der Waals surface area contributed by atoms with Gasteiger partial charge >= 0.3 is 0 Å². The third-order valence-corrected chi connectivity index (χ3v) is 4.12. The maximum absolute atomic E-state index is 13.6. The summed E-state index contributed by atoms with van der Waals surface area (Å²) in [5.74, 6) is 4.44. The minimum atomic E-state index is -3.88. The van der Waals surface area contributed by atoms with Crippen LogP contribution in [0.15, 0.2) is 47.4 Å². The number of nitrogens with two attached hydrogens (primary N) is 1. The first-order valence-corrected chi connectivity index (χ1v) is 7.33. The molecule has 0 radical (unpaired) electrons. The molecule has 0 saturated heterocycles. The summed E-state index contributed by atoms with van der Waals surface area (Å²) in [4.78, 5) is -0.00847. The van der Waals surface area contributed by atoms with E-state index in [1.165, 1.54) is 36.4 Å². The quantitative estimate of drug-likeness (QED) is 0.598. The van der Waals surface area contributed by atoms with Crippen LogP contribution < -0.4 is 16.0 Å². The number of nitrogen functional groups attached to an aromatic ring is 1. The summed E-state index contributed by atoms with van der Waals surface area (Å²) >= 11 is 5.60. The summed E-state index contributed by atoms with van der Waals surface area (Å²) in [6, 6.07) is 9.37. The van der Waals surface area contributed by atoms with Crippen molar-refractivity contribution in [2.75, 3.05) is 10.1 Å². The van der Waals surface area contributed by atoms with Crippen LogP contribution in [0.25, 0.3) is 0 Å². The van der Waals surface area contributed by atoms with Crippen LogP contribution >= 0.6 is 11.6 Å². The minimum absolute atomic E-state index is 0.00847. The van der Waals surface area contributed by atoms with Crippen molar-refractivity contribution in [3.63, 3.8) is 0 Å². The predicted molar refractivity (Wildman–Crippen MR) is 76.5 cm³/mol. The zero-order valence-electron chi connectivity index (χ0n) is 10.1. The van der Waals surface area contributed by atoms with Gasteiger partial charge in [-0.3, -0.25) is 10.6 Å². The van der Waals surface area contributed by atoms with Crippen molar-refractivity contribution in [3.05, 3.63) is 53.3 Å². The van der Waals surface area contributed by atoms with Crippen LogP contribution in [0.1, 0.15) is 0 Å². The van der Waals surface area contributed by atoms with Crippen molar-refractivity contribution in [2.24, 2.45) is 5.84 Å². The van der Waals surface area contributed by atoms with Gasteiger partial charge in [0.25, 0.3) is 10.0 Å². The zero-order valence-corrected chi connectivity index (χ0v) is 11.7. The molecule has 0 aliphatic rings. The fourth-order valence-corrected chi connectivity index (χ4v) is 2.73. The van der Waals surface area contributed by atoms with Crippen molar-refractivity contribution in [1.82, 2.24) is 0 Å². The van der Waals surface area contributed by atoms with Gasteiger partial charge in [-0.25, -0.2) is 12.8 Å². The minimum Gasteiger partial charge on any atom is -0.324 e. The SMILES string of the molecule is NNc1ccc(S(=O)(=O)Nc2ccc(Cl)cc2F)cc1. The number of rotatable bonds is 4. The Hall–Kier alpha value is -1.83. The first kappa shape index (κ1) is 14.6. The predicted octanol–water partition coefficient (Wildman–Crippen LogP) is 2.57. The van der Waals surface area contributed by atoms with Crippen molar-refractivity contribution in [2.45, 2.75) is 4.90 Å². The van der Waals surface area contributed by atoms with Gasteiger partial charge in [-0.1, -0.05) is 11.6 Å².